The van der Waals surface area contributed by atoms with E-state index in [2.05, 4.69) is 20.2 Å². The molecule has 24 heavy (non-hydrogen) atoms. The Morgan fingerprint density at radius 3 is 1.96 bits per heavy atom. The Labute approximate surface area is 139 Å². The molecule has 0 amide bonds. The second kappa shape index (κ2) is 7.08. The fourth-order valence-electron chi connectivity index (χ4n) is 2.76. The molecule has 11 nitrogen and oxygen atoms in total. The van der Waals surface area contributed by atoms with E-state index < -0.39 is 7.82 Å². The van der Waals surface area contributed by atoms with Gasteiger partial charge in [0.05, 0.1) is 27.1 Å². The summed E-state index contributed by atoms with van der Waals surface area (Å²) in [5.74, 6) is -0.153. The molecule has 0 saturated carbocycles. The van der Waals surface area contributed by atoms with E-state index in [0.717, 1.165) is 0 Å². The third-order valence-electron chi connectivity index (χ3n) is 3.90. The predicted octanol–water partition coefficient (Wildman–Crippen LogP) is -0.263. The van der Waals surface area contributed by atoms with E-state index in [1.807, 2.05) is 28.1 Å². The van der Waals surface area contributed by atoms with Crippen molar-refractivity contribution in [1.82, 2.24) is 29.5 Å². The maximum Gasteiger partial charge on any atom is 0.469 e. The maximum atomic E-state index is 11.1. The fourth-order valence-corrected chi connectivity index (χ4v) is 3.11. The third kappa shape index (κ3) is 4.68. The first-order valence-corrected chi connectivity index (χ1v) is 8.82. The molecule has 0 radical (unpaired) electrons. The third-order valence-corrected chi connectivity index (χ3v) is 4.39. The average Bonchev–Trinajstić information content (AvgIpc) is 3.09. The normalized spacial score (nSPS) is 15.6. The smallest absolute Gasteiger partial charge is 0.326 e. The van der Waals surface area contributed by atoms with Gasteiger partial charge in [-0.1, -0.05) is 6.92 Å². The number of likely N-dealkylation sites (N-methyl/N-ethyl adjacent to an activating group) is 1. The molecule has 0 fully saturated rings. The maximum absolute atomic E-state index is 11.1. The number of quaternary nitrogens is 1. The molecule has 2 unspecified atom stereocenters. The summed E-state index contributed by atoms with van der Waals surface area (Å²) in [6, 6.07) is -0.254. The zero-order chi connectivity index (χ0) is 18.0. The number of nitrogens with zero attached hydrogens (tertiary/aromatic N) is 7. The lowest BCUT2D eigenvalue weighted by Crippen LogP contribution is -2.53. The lowest BCUT2D eigenvalue weighted by atomic mass is 9.96. The van der Waals surface area contributed by atoms with Gasteiger partial charge in [-0.25, -0.2) is 23.9 Å². The number of aromatic nitrogens is 6. The molecule has 2 rings (SSSR count). The summed E-state index contributed by atoms with van der Waals surface area (Å²) in [5.41, 5.74) is 0. The molecule has 12 heteroatoms. The zero-order valence-electron chi connectivity index (χ0n) is 14.0. The SMILES string of the molecule is CC(C(n1cncn1)n1cncn1)C(COP(=O)(O)O)[N+](C)(C)C. The Morgan fingerprint density at radius 1 is 1.12 bits per heavy atom. The highest BCUT2D eigenvalue weighted by atomic mass is 31.2. The van der Waals surface area contributed by atoms with Crippen LogP contribution in [0.2, 0.25) is 0 Å². The van der Waals surface area contributed by atoms with Gasteiger partial charge in [0.15, 0.2) is 6.17 Å². The minimum absolute atomic E-state index is 0.116. The van der Waals surface area contributed by atoms with Crippen molar-refractivity contribution in [2.75, 3.05) is 27.7 Å². The summed E-state index contributed by atoms with van der Waals surface area (Å²) < 4.78 is 19.6. The van der Waals surface area contributed by atoms with Crippen LogP contribution >= 0.6 is 7.82 Å². The first-order chi connectivity index (χ1) is 11.1. The molecule has 2 atom stereocenters. The van der Waals surface area contributed by atoms with E-state index in [-0.39, 0.29) is 24.7 Å². The molecule has 0 aromatic carbocycles. The molecule has 0 bridgehead atoms. The van der Waals surface area contributed by atoms with Crippen molar-refractivity contribution >= 4 is 7.82 Å². The zero-order valence-corrected chi connectivity index (χ0v) is 14.9. The Bertz CT molecular complexity index is 630. The van der Waals surface area contributed by atoms with Crippen molar-refractivity contribution in [1.29, 1.82) is 0 Å². The molecular weight excluding hydrogens is 337 g/mol. The summed E-state index contributed by atoms with van der Waals surface area (Å²) >= 11 is 0. The average molecular weight is 360 g/mol. The molecule has 0 saturated heterocycles. The fraction of sp³-hybridized carbons (Fsp3) is 0.667. The first kappa shape index (κ1) is 18.7. The van der Waals surface area contributed by atoms with Crippen LogP contribution in [0.4, 0.5) is 0 Å². The van der Waals surface area contributed by atoms with Crippen LogP contribution in [0.3, 0.4) is 0 Å². The first-order valence-electron chi connectivity index (χ1n) is 7.29. The largest absolute Gasteiger partial charge is 0.469 e. The van der Waals surface area contributed by atoms with Gasteiger partial charge in [-0.15, -0.1) is 0 Å². The van der Waals surface area contributed by atoms with Crippen LogP contribution in [0.15, 0.2) is 25.3 Å². The number of phosphoric ester groups is 1. The van der Waals surface area contributed by atoms with Gasteiger partial charge in [-0.2, -0.15) is 10.2 Å². The Morgan fingerprint density at radius 2 is 1.62 bits per heavy atom. The standard InChI is InChI=1S/C12H22N7O4P/c1-10(11(19(2,3)4)5-23-24(20,21)22)12(17-8-13-6-15-17)18-9-14-7-16-18/h6-12H,5H2,1-4H3,(H-,20,21,22)/p+1. The van der Waals surface area contributed by atoms with Crippen LogP contribution in [-0.4, -0.2) is 77.6 Å². The van der Waals surface area contributed by atoms with Crippen molar-refractivity contribution in [3.8, 4) is 0 Å². The minimum atomic E-state index is -4.56. The van der Waals surface area contributed by atoms with Gasteiger partial charge in [0.1, 0.15) is 38.0 Å². The molecule has 2 aromatic rings. The van der Waals surface area contributed by atoms with E-state index in [1.165, 1.54) is 12.7 Å². The molecular formula is C12H23N7O4P+. The lowest BCUT2D eigenvalue weighted by Gasteiger charge is -2.40. The van der Waals surface area contributed by atoms with Gasteiger partial charge >= 0.3 is 7.82 Å². The predicted molar refractivity (Wildman–Crippen MR) is 83.5 cm³/mol. The topological polar surface area (TPSA) is 128 Å². The van der Waals surface area contributed by atoms with Crippen molar-refractivity contribution in [3.05, 3.63) is 25.3 Å². The van der Waals surface area contributed by atoms with Gasteiger partial charge in [0.25, 0.3) is 0 Å². The molecule has 2 N–H and O–H groups in total. The van der Waals surface area contributed by atoms with E-state index in [4.69, 9.17) is 14.3 Å². The van der Waals surface area contributed by atoms with Crippen molar-refractivity contribution in [2.45, 2.75) is 19.1 Å². The Kier molecular flexibility index (Phi) is 5.51. The van der Waals surface area contributed by atoms with E-state index in [1.54, 1.807) is 22.0 Å². The van der Waals surface area contributed by atoms with Gasteiger partial charge in [-0.05, 0) is 0 Å². The van der Waals surface area contributed by atoms with Crippen molar-refractivity contribution in [2.24, 2.45) is 5.92 Å². The number of phosphoric acid groups is 1. The summed E-state index contributed by atoms with van der Waals surface area (Å²) in [5, 5.41) is 8.37. The van der Waals surface area contributed by atoms with Crippen LogP contribution < -0.4 is 0 Å². The van der Waals surface area contributed by atoms with Gasteiger partial charge < -0.3 is 14.3 Å². The number of rotatable bonds is 8. The second-order valence-electron chi connectivity index (χ2n) is 6.49. The van der Waals surface area contributed by atoms with Crippen LogP contribution in [-0.2, 0) is 9.09 Å². The summed E-state index contributed by atoms with van der Waals surface area (Å²) in [7, 11) is 1.24. The van der Waals surface area contributed by atoms with Gasteiger partial charge in [-0.3, -0.25) is 4.52 Å². The van der Waals surface area contributed by atoms with Crippen LogP contribution in [0.25, 0.3) is 0 Å². The molecule has 0 aliphatic rings. The van der Waals surface area contributed by atoms with Gasteiger partial charge in [0.2, 0.25) is 0 Å². The van der Waals surface area contributed by atoms with Crippen molar-refractivity contribution < 1.29 is 23.4 Å². The monoisotopic (exact) mass is 360 g/mol. The van der Waals surface area contributed by atoms with Crippen LogP contribution in [0.5, 0.6) is 0 Å². The molecule has 0 aliphatic carbocycles. The van der Waals surface area contributed by atoms with Crippen LogP contribution in [0.1, 0.15) is 13.1 Å². The highest BCUT2D eigenvalue weighted by Crippen LogP contribution is 2.38. The molecule has 134 valence electrons. The lowest BCUT2D eigenvalue weighted by molar-refractivity contribution is -0.900. The summed E-state index contributed by atoms with van der Waals surface area (Å²) in [4.78, 5) is 26.0. The molecule has 0 aliphatic heterocycles. The van der Waals surface area contributed by atoms with E-state index in [0.29, 0.717) is 4.48 Å². The highest BCUT2D eigenvalue weighted by Gasteiger charge is 2.39. The summed E-state index contributed by atoms with van der Waals surface area (Å²) in [6.45, 7) is 1.83. The quantitative estimate of drug-likeness (QED) is 0.487. The molecule has 2 aromatic heterocycles. The Balaban J connectivity index is 2.34. The van der Waals surface area contributed by atoms with Crippen molar-refractivity contribution in [3.63, 3.8) is 0 Å². The van der Waals surface area contributed by atoms with Crippen LogP contribution in [0, 0.1) is 5.92 Å². The Hall–Kier alpha value is -1.65. The molecule has 2 heterocycles. The number of hydrogen-bond donors (Lipinski definition) is 2. The van der Waals surface area contributed by atoms with Gasteiger partial charge in [0, 0.05) is 0 Å². The highest BCUT2D eigenvalue weighted by molar-refractivity contribution is 7.46. The second-order valence-corrected chi connectivity index (χ2v) is 7.73. The number of hydrogen-bond acceptors (Lipinski definition) is 6. The minimum Gasteiger partial charge on any atom is -0.326 e. The summed E-state index contributed by atoms with van der Waals surface area (Å²) in [6.07, 6.45) is 5.62. The van der Waals surface area contributed by atoms with E-state index >= 15 is 0 Å². The van der Waals surface area contributed by atoms with E-state index in [9.17, 15) is 4.57 Å². The molecule has 0 spiro atoms.